The standard InChI is InChI=1S/C21H25NO4/c1-5-16-8-6-7-9-19(16)22-20(23)17-10-12-18(13-11-17)26-15(4)21(24)25-14(2)3/h6-15H,5H2,1-4H3,(H,22,23)/t15-/m1/s1. The molecule has 2 aromatic rings. The molecule has 2 aromatic carbocycles. The van der Waals surface area contributed by atoms with Gasteiger partial charge in [-0.1, -0.05) is 25.1 Å². The zero-order chi connectivity index (χ0) is 19.1. The molecule has 0 aromatic heterocycles. The monoisotopic (exact) mass is 355 g/mol. The molecule has 26 heavy (non-hydrogen) atoms. The van der Waals surface area contributed by atoms with Crippen LogP contribution in [0.25, 0.3) is 0 Å². The third-order valence-corrected chi connectivity index (χ3v) is 3.76. The third kappa shape index (κ3) is 5.34. The fourth-order valence-corrected chi connectivity index (χ4v) is 2.41. The van der Waals surface area contributed by atoms with Crippen molar-refractivity contribution in [2.75, 3.05) is 5.32 Å². The second-order valence-corrected chi connectivity index (χ2v) is 6.23. The van der Waals surface area contributed by atoms with E-state index < -0.39 is 12.1 Å². The fraction of sp³-hybridized carbons (Fsp3) is 0.333. The summed E-state index contributed by atoms with van der Waals surface area (Å²) in [6.45, 7) is 7.25. The van der Waals surface area contributed by atoms with Crippen molar-refractivity contribution < 1.29 is 19.1 Å². The summed E-state index contributed by atoms with van der Waals surface area (Å²) in [7, 11) is 0. The number of para-hydroxylation sites is 1. The highest BCUT2D eigenvalue weighted by Crippen LogP contribution is 2.19. The molecule has 0 saturated carbocycles. The van der Waals surface area contributed by atoms with E-state index >= 15 is 0 Å². The summed E-state index contributed by atoms with van der Waals surface area (Å²) in [6.07, 6.45) is -0.0627. The molecule has 138 valence electrons. The number of anilines is 1. The van der Waals surface area contributed by atoms with Crippen molar-refractivity contribution in [3.63, 3.8) is 0 Å². The van der Waals surface area contributed by atoms with E-state index in [1.807, 2.05) is 31.2 Å². The topological polar surface area (TPSA) is 64.6 Å². The third-order valence-electron chi connectivity index (χ3n) is 3.76. The first-order valence-corrected chi connectivity index (χ1v) is 8.77. The lowest BCUT2D eigenvalue weighted by molar-refractivity contribution is -0.154. The lowest BCUT2D eigenvalue weighted by atomic mass is 10.1. The van der Waals surface area contributed by atoms with Gasteiger partial charge in [-0.15, -0.1) is 0 Å². The molecule has 0 aliphatic heterocycles. The van der Waals surface area contributed by atoms with E-state index in [0.717, 1.165) is 17.7 Å². The number of carbonyl (C=O) groups excluding carboxylic acids is 2. The summed E-state index contributed by atoms with van der Waals surface area (Å²) in [4.78, 5) is 24.2. The average molecular weight is 355 g/mol. The van der Waals surface area contributed by atoms with Crippen LogP contribution >= 0.6 is 0 Å². The Morgan fingerprint density at radius 1 is 1.00 bits per heavy atom. The molecule has 0 heterocycles. The van der Waals surface area contributed by atoms with Gasteiger partial charge < -0.3 is 14.8 Å². The molecule has 0 saturated heterocycles. The highest BCUT2D eigenvalue weighted by Gasteiger charge is 2.18. The molecule has 0 aliphatic rings. The Hall–Kier alpha value is -2.82. The van der Waals surface area contributed by atoms with Crippen LogP contribution in [-0.4, -0.2) is 24.1 Å². The first-order valence-electron chi connectivity index (χ1n) is 8.77. The zero-order valence-corrected chi connectivity index (χ0v) is 15.6. The van der Waals surface area contributed by atoms with Gasteiger partial charge in [0.1, 0.15) is 5.75 Å². The van der Waals surface area contributed by atoms with Gasteiger partial charge >= 0.3 is 5.97 Å². The molecular formula is C21H25NO4. The van der Waals surface area contributed by atoms with E-state index in [1.54, 1.807) is 45.0 Å². The summed E-state index contributed by atoms with van der Waals surface area (Å²) in [5.74, 6) is -0.105. The quantitative estimate of drug-likeness (QED) is 0.755. The Bertz CT molecular complexity index is 753. The number of rotatable bonds is 7. The number of esters is 1. The van der Waals surface area contributed by atoms with Crippen LogP contribution in [0.4, 0.5) is 5.69 Å². The maximum Gasteiger partial charge on any atom is 0.347 e. The van der Waals surface area contributed by atoms with Crippen LogP contribution < -0.4 is 10.1 Å². The maximum absolute atomic E-state index is 12.4. The Kier molecular flexibility index (Phi) is 6.78. The van der Waals surface area contributed by atoms with Crippen molar-refractivity contribution >= 4 is 17.6 Å². The number of ether oxygens (including phenoxy) is 2. The second-order valence-electron chi connectivity index (χ2n) is 6.23. The van der Waals surface area contributed by atoms with Gasteiger partial charge in [-0.05, 0) is 63.1 Å². The molecule has 2 rings (SSSR count). The summed E-state index contributed by atoms with van der Waals surface area (Å²) >= 11 is 0. The lowest BCUT2D eigenvalue weighted by Crippen LogP contribution is -2.28. The first kappa shape index (κ1) is 19.5. The van der Waals surface area contributed by atoms with Gasteiger partial charge in [0.2, 0.25) is 0 Å². The molecule has 0 unspecified atom stereocenters. The number of hydrogen-bond donors (Lipinski definition) is 1. The van der Waals surface area contributed by atoms with Gasteiger partial charge in [-0.3, -0.25) is 4.79 Å². The van der Waals surface area contributed by atoms with E-state index in [2.05, 4.69) is 5.32 Å². The SMILES string of the molecule is CCc1ccccc1NC(=O)c1ccc(O[C@H](C)C(=O)OC(C)C)cc1. The number of hydrogen-bond acceptors (Lipinski definition) is 4. The Morgan fingerprint density at radius 2 is 1.65 bits per heavy atom. The molecule has 1 atom stereocenters. The van der Waals surface area contributed by atoms with Gasteiger partial charge in [0.15, 0.2) is 6.10 Å². The van der Waals surface area contributed by atoms with Crippen molar-refractivity contribution in [3.8, 4) is 5.75 Å². The number of benzene rings is 2. The summed E-state index contributed by atoms with van der Waals surface area (Å²) in [6, 6.07) is 14.4. The van der Waals surface area contributed by atoms with Gasteiger partial charge in [0, 0.05) is 11.3 Å². The van der Waals surface area contributed by atoms with Crippen LogP contribution in [0.1, 0.15) is 43.6 Å². The summed E-state index contributed by atoms with van der Waals surface area (Å²) in [5, 5.41) is 2.92. The predicted octanol–water partition coefficient (Wildman–Crippen LogP) is 4.22. The first-order chi connectivity index (χ1) is 12.4. The maximum atomic E-state index is 12.4. The molecule has 5 heteroatoms. The molecule has 0 fully saturated rings. The Balaban J connectivity index is 2.00. The minimum absolute atomic E-state index is 0.189. The molecule has 0 bridgehead atoms. The number of carbonyl (C=O) groups is 2. The number of nitrogens with one attached hydrogen (secondary N) is 1. The van der Waals surface area contributed by atoms with Crippen LogP contribution in [0.3, 0.4) is 0 Å². The summed E-state index contributed by atoms with van der Waals surface area (Å²) < 4.78 is 10.7. The van der Waals surface area contributed by atoms with Gasteiger partial charge in [0.25, 0.3) is 5.91 Å². The van der Waals surface area contributed by atoms with E-state index in [1.165, 1.54) is 0 Å². The second kappa shape index (κ2) is 9.04. The normalized spacial score (nSPS) is 11.7. The van der Waals surface area contributed by atoms with Crippen LogP contribution in [0.2, 0.25) is 0 Å². The highest BCUT2D eigenvalue weighted by molar-refractivity contribution is 6.04. The fourth-order valence-electron chi connectivity index (χ4n) is 2.41. The van der Waals surface area contributed by atoms with Crippen LogP contribution in [-0.2, 0) is 16.0 Å². The molecule has 0 aliphatic carbocycles. The minimum Gasteiger partial charge on any atom is -0.479 e. The summed E-state index contributed by atoms with van der Waals surface area (Å²) in [5.41, 5.74) is 2.41. The van der Waals surface area contributed by atoms with Crippen molar-refractivity contribution in [3.05, 3.63) is 59.7 Å². The van der Waals surface area contributed by atoms with E-state index in [9.17, 15) is 9.59 Å². The smallest absolute Gasteiger partial charge is 0.347 e. The van der Waals surface area contributed by atoms with Gasteiger partial charge in [-0.2, -0.15) is 0 Å². The van der Waals surface area contributed by atoms with Crippen LogP contribution in [0, 0.1) is 0 Å². The number of aryl methyl sites for hydroxylation is 1. The van der Waals surface area contributed by atoms with Gasteiger partial charge in [0.05, 0.1) is 6.10 Å². The molecular weight excluding hydrogens is 330 g/mol. The molecule has 0 spiro atoms. The molecule has 1 N–H and O–H groups in total. The van der Waals surface area contributed by atoms with Crippen molar-refractivity contribution in [2.24, 2.45) is 0 Å². The Morgan fingerprint density at radius 3 is 2.27 bits per heavy atom. The molecule has 0 radical (unpaired) electrons. The van der Waals surface area contributed by atoms with Crippen molar-refractivity contribution in [2.45, 2.75) is 46.3 Å². The molecule has 1 amide bonds. The predicted molar refractivity (Wildman–Crippen MR) is 102 cm³/mol. The van der Waals surface area contributed by atoms with Crippen LogP contribution in [0.5, 0.6) is 5.75 Å². The van der Waals surface area contributed by atoms with Crippen LogP contribution in [0.15, 0.2) is 48.5 Å². The van der Waals surface area contributed by atoms with E-state index in [4.69, 9.17) is 9.47 Å². The average Bonchev–Trinajstić information content (AvgIpc) is 2.62. The zero-order valence-electron chi connectivity index (χ0n) is 15.6. The number of amides is 1. The van der Waals surface area contributed by atoms with Crippen molar-refractivity contribution in [1.82, 2.24) is 0 Å². The van der Waals surface area contributed by atoms with E-state index in [-0.39, 0.29) is 12.0 Å². The van der Waals surface area contributed by atoms with Crippen molar-refractivity contribution in [1.29, 1.82) is 0 Å². The minimum atomic E-state index is -0.714. The highest BCUT2D eigenvalue weighted by atomic mass is 16.6. The van der Waals surface area contributed by atoms with Gasteiger partial charge in [-0.25, -0.2) is 4.79 Å². The largest absolute Gasteiger partial charge is 0.479 e. The van der Waals surface area contributed by atoms with E-state index in [0.29, 0.717) is 11.3 Å². The lowest BCUT2D eigenvalue weighted by Gasteiger charge is -2.16. The molecule has 5 nitrogen and oxygen atoms in total. The Labute approximate surface area is 154 Å².